The average molecular weight is 218 g/mol. The predicted octanol–water partition coefficient (Wildman–Crippen LogP) is 2.76. The largest absolute Gasteiger partial charge is 0.382 e. The number of nitrogens with two attached hydrogens (primary N) is 1. The Labute approximate surface area is 95.9 Å². The second-order valence-corrected chi connectivity index (χ2v) is 3.52. The number of nitrogens with zero attached hydrogens (tertiary/aromatic N) is 3. The summed E-state index contributed by atoms with van der Waals surface area (Å²) in [5, 5.41) is 0.932. The van der Waals surface area contributed by atoms with Crippen LogP contribution in [0.5, 0.6) is 0 Å². The van der Waals surface area contributed by atoms with Gasteiger partial charge in [0.1, 0.15) is 17.2 Å². The number of hydrogen-bond acceptors (Lipinski definition) is 4. The third-order valence-electron chi connectivity index (χ3n) is 2.06. The van der Waals surface area contributed by atoms with Gasteiger partial charge < -0.3 is 5.73 Å². The van der Waals surface area contributed by atoms with Gasteiger partial charge in [0.2, 0.25) is 0 Å². The average Bonchev–Trinajstić information content (AvgIpc) is 2.32. The molecule has 0 bridgehead atoms. The number of fused-ring (bicyclic) bond motifs is 1. The maximum absolute atomic E-state index is 5.72. The van der Waals surface area contributed by atoms with Crippen LogP contribution in [0.2, 0.25) is 0 Å². The van der Waals surface area contributed by atoms with E-state index in [-0.39, 0.29) is 0 Å². The van der Waals surface area contributed by atoms with Crippen LogP contribution in [-0.4, -0.2) is 15.0 Å². The third kappa shape index (κ3) is 2.45. The number of rotatable bonds is 1. The minimum absolute atomic E-state index is 0.305. The van der Waals surface area contributed by atoms with Gasteiger partial charge in [0.15, 0.2) is 0 Å². The van der Waals surface area contributed by atoms with Crippen molar-refractivity contribution in [2.75, 3.05) is 5.73 Å². The summed E-state index contributed by atoms with van der Waals surface area (Å²) in [5.41, 5.74) is 6.47. The van der Waals surface area contributed by atoms with Crippen LogP contribution in [0.1, 0.15) is 39.4 Å². The molecule has 0 amide bonds. The zero-order valence-corrected chi connectivity index (χ0v) is 10.2. The van der Waals surface area contributed by atoms with Crippen molar-refractivity contribution in [1.29, 1.82) is 0 Å². The van der Waals surface area contributed by atoms with Crippen molar-refractivity contribution in [3.63, 3.8) is 0 Å². The summed E-state index contributed by atoms with van der Waals surface area (Å²) in [6, 6.07) is 1.86. The first kappa shape index (κ1) is 12.4. The second kappa shape index (κ2) is 5.39. The Morgan fingerprint density at radius 3 is 2.50 bits per heavy atom. The molecule has 16 heavy (non-hydrogen) atoms. The van der Waals surface area contributed by atoms with E-state index in [9.17, 15) is 0 Å². The van der Waals surface area contributed by atoms with E-state index in [0.717, 1.165) is 16.7 Å². The fourth-order valence-corrected chi connectivity index (χ4v) is 1.27. The fourth-order valence-electron chi connectivity index (χ4n) is 1.27. The van der Waals surface area contributed by atoms with E-state index in [4.69, 9.17) is 5.73 Å². The quantitative estimate of drug-likeness (QED) is 0.799. The molecule has 0 saturated heterocycles. The second-order valence-electron chi connectivity index (χ2n) is 3.52. The van der Waals surface area contributed by atoms with E-state index in [1.807, 2.05) is 33.8 Å². The summed E-state index contributed by atoms with van der Waals surface area (Å²) < 4.78 is 0. The summed E-state index contributed by atoms with van der Waals surface area (Å²) in [5.74, 6) is 1.57. The Hall–Kier alpha value is -1.71. The van der Waals surface area contributed by atoms with Crippen molar-refractivity contribution in [3.8, 4) is 0 Å². The van der Waals surface area contributed by atoms with Gasteiger partial charge in [0, 0.05) is 23.7 Å². The molecule has 2 aromatic heterocycles. The number of pyridine rings is 1. The zero-order chi connectivity index (χ0) is 12.1. The molecular formula is C12H18N4. The third-order valence-corrected chi connectivity index (χ3v) is 2.06. The minimum atomic E-state index is 0.305. The zero-order valence-electron chi connectivity index (χ0n) is 10.2. The number of anilines is 1. The van der Waals surface area contributed by atoms with Crippen molar-refractivity contribution < 1.29 is 0 Å². The molecule has 2 rings (SSSR count). The molecule has 2 N–H and O–H groups in total. The van der Waals surface area contributed by atoms with Gasteiger partial charge in [-0.3, -0.25) is 0 Å². The van der Waals surface area contributed by atoms with E-state index < -0.39 is 0 Å². The van der Waals surface area contributed by atoms with E-state index in [1.54, 1.807) is 12.4 Å². The SMILES string of the molecule is CC.CC(C)c1ncc2ccnc(N)c2n1. The van der Waals surface area contributed by atoms with E-state index >= 15 is 0 Å². The molecule has 0 fully saturated rings. The lowest BCUT2D eigenvalue weighted by atomic mass is 10.2. The van der Waals surface area contributed by atoms with Gasteiger partial charge in [-0.1, -0.05) is 27.7 Å². The van der Waals surface area contributed by atoms with Gasteiger partial charge in [-0.05, 0) is 6.07 Å². The molecule has 0 aromatic carbocycles. The van der Waals surface area contributed by atoms with Crippen molar-refractivity contribution in [2.24, 2.45) is 0 Å². The lowest BCUT2D eigenvalue weighted by Gasteiger charge is -2.05. The molecule has 0 aliphatic carbocycles. The Morgan fingerprint density at radius 1 is 1.19 bits per heavy atom. The van der Waals surface area contributed by atoms with Crippen molar-refractivity contribution >= 4 is 16.7 Å². The molecule has 0 saturated carbocycles. The van der Waals surface area contributed by atoms with Gasteiger partial charge in [-0.15, -0.1) is 0 Å². The predicted molar refractivity (Wildman–Crippen MR) is 67.2 cm³/mol. The van der Waals surface area contributed by atoms with E-state index in [1.165, 1.54) is 0 Å². The summed E-state index contributed by atoms with van der Waals surface area (Å²) >= 11 is 0. The molecule has 0 radical (unpaired) electrons. The highest BCUT2D eigenvalue weighted by Crippen LogP contribution is 2.17. The molecule has 0 unspecified atom stereocenters. The van der Waals surface area contributed by atoms with Gasteiger partial charge in [-0.25, -0.2) is 15.0 Å². The molecular weight excluding hydrogens is 200 g/mol. The van der Waals surface area contributed by atoms with Crippen LogP contribution in [-0.2, 0) is 0 Å². The van der Waals surface area contributed by atoms with Crippen molar-refractivity contribution in [1.82, 2.24) is 15.0 Å². The highest BCUT2D eigenvalue weighted by Gasteiger charge is 2.06. The lowest BCUT2D eigenvalue weighted by Crippen LogP contribution is -2.00. The van der Waals surface area contributed by atoms with Gasteiger partial charge in [0.05, 0.1) is 0 Å². The first-order valence-corrected chi connectivity index (χ1v) is 5.55. The van der Waals surface area contributed by atoms with Crippen LogP contribution < -0.4 is 5.73 Å². The van der Waals surface area contributed by atoms with Crippen LogP contribution in [0.3, 0.4) is 0 Å². The van der Waals surface area contributed by atoms with Crippen LogP contribution in [0.4, 0.5) is 5.82 Å². The molecule has 2 aromatic rings. The minimum Gasteiger partial charge on any atom is -0.382 e. The van der Waals surface area contributed by atoms with Crippen LogP contribution >= 0.6 is 0 Å². The number of nitrogen functional groups attached to an aromatic ring is 1. The number of aromatic nitrogens is 3. The Kier molecular flexibility index (Phi) is 4.17. The highest BCUT2D eigenvalue weighted by molar-refractivity contribution is 5.86. The molecule has 0 aliphatic rings. The molecule has 0 aliphatic heterocycles. The maximum atomic E-state index is 5.72. The summed E-state index contributed by atoms with van der Waals surface area (Å²) in [7, 11) is 0. The molecule has 4 nitrogen and oxygen atoms in total. The van der Waals surface area contributed by atoms with Crippen molar-refractivity contribution in [2.45, 2.75) is 33.6 Å². The first-order valence-electron chi connectivity index (χ1n) is 5.55. The normalized spacial score (nSPS) is 10.1. The first-order chi connectivity index (χ1) is 7.68. The fraction of sp³-hybridized carbons (Fsp3) is 0.417. The molecule has 0 spiro atoms. The van der Waals surface area contributed by atoms with Gasteiger partial charge >= 0.3 is 0 Å². The Balaban J connectivity index is 0.000000606. The highest BCUT2D eigenvalue weighted by atomic mass is 14.9. The van der Waals surface area contributed by atoms with Crippen LogP contribution in [0.15, 0.2) is 18.5 Å². The smallest absolute Gasteiger partial charge is 0.150 e. The summed E-state index contributed by atoms with van der Waals surface area (Å²) in [6.45, 7) is 8.10. The summed E-state index contributed by atoms with van der Waals surface area (Å²) in [6.07, 6.45) is 3.45. The summed E-state index contributed by atoms with van der Waals surface area (Å²) in [4.78, 5) is 12.6. The monoisotopic (exact) mass is 218 g/mol. The van der Waals surface area contributed by atoms with Gasteiger partial charge in [-0.2, -0.15) is 0 Å². The number of hydrogen-bond donors (Lipinski definition) is 1. The topological polar surface area (TPSA) is 64.7 Å². The Bertz CT molecular complexity index is 466. The van der Waals surface area contributed by atoms with Crippen LogP contribution in [0, 0.1) is 0 Å². The molecule has 86 valence electrons. The van der Waals surface area contributed by atoms with Crippen LogP contribution in [0.25, 0.3) is 10.9 Å². The standard InChI is InChI=1S/C10H12N4.C2H6/c1-6(2)10-13-5-7-3-4-12-9(11)8(7)14-10;1-2/h3-6H,1-2H3,(H2,11,12);1-2H3. The molecule has 2 heterocycles. The lowest BCUT2D eigenvalue weighted by molar-refractivity contribution is 0.783. The van der Waals surface area contributed by atoms with Crippen molar-refractivity contribution in [3.05, 3.63) is 24.3 Å². The van der Waals surface area contributed by atoms with E-state index in [0.29, 0.717) is 11.7 Å². The van der Waals surface area contributed by atoms with Gasteiger partial charge in [0.25, 0.3) is 0 Å². The Morgan fingerprint density at radius 2 is 1.88 bits per heavy atom. The maximum Gasteiger partial charge on any atom is 0.150 e. The molecule has 0 atom stereocenters. The molecule has 4 heteroatoms. The van der Waals surface area contributed by atoms with E-state index in [2.05, 4.69) is 15.0 Å².